The highest BCUT2D eigenvalue weighted by Gasteiger charge is 2.09. The fraction of sp³-hybridized carbons (Fsp3) is 0.294. The van der Waals surface area contributed by atoms with Gasteiger partial charge in [0.05, 0.1) is 12.7 Å². The van der Waals surface area contributed by atoms with Gasteiger partial charge in [0.1, 0.15) is 16.8 Å². The molecule has 2 aromatic rings. The van der Waals surface area contributed by atoms with E-state index in [1.165, 1.54) is 16.9 Å². The summed E-state index contributed by atoms with van der Waals surface area (Å²) in [7, 11) is 3.62. The van der Waals surface area contributed by atoms with Crippen LogP contribution in [0.1, 0.15) is 17.5 Å². The molecule has 6 heteroatoms. The van der Waals surface area contributed by atoms with E-state index in [0.717, 1.165) is 12.3 Å². The largest absolute Gasteiger partial charge is 0.497 e. The summed E-state index contributed by atoms with van der Waals surface area (Å²) in [6.45, 7) is 1.41. The number of nitrogens with one attached hydrogen (secondary N) is 1. The summed E-state index contributed by atoms with van der Waals surface area (Å²) >= 11 is 1.36. The molecule has 1 aromatic heterocycles. The highest BCUT2D eigenvalue weighted by molar-refractivity contribution is 7.14. The Balaban J connectivity index is 1.78. The molecule has 0 bridgehead atoms. The van der Waals surface area contributed by atoms with E-state index in [1.54, 1.807) is 18.6 Å². The number of rotatable bonds is 7. The average Bonchev–Trinajstić information content (AvgIpc) is 3.01. The predicted molar refractivity (Wildman–Crippen MR) is 91.6 cm³/mol. The number of amides is 1. The summed E-state index contributed by atoms with van der Waals surface area (Å²) in [4.78, 5) is 14.0. The third kappa shape index (κ3) is 5.09. The molecule has 5 nitrogen and oxygen atoms in total. The van der Waals surface area contributed by atoms with E-state index >= 15 is 0 Å². The molecule has 0 aliphatic rings. The summed E-state index contributed by atoms with van der Waals surface area (Å²) in [5.41, 5.74) is 1.67. The smallest absolute Gasteiger partial charge is 0.226 e. The van der Waals surface area contributed by atoms with Crippen LogP contribution in [0.5, 0.6) is 5.75 Å². The van der Waals surface area contributed by atoms with E-state index in [2.05, 4.69) is 16.3 Å². The molecule has 0 unspecified atom stereocenters. The van der Waals surface area contributed by atoms with Gasteiger partial charge in [-0.15, -0.1) is 11.3 Å². The lowest BCUT2D eigenvalue weighted by molar-refractivity contribution is -0.116. The van der Waals surface area contributed by atoms with Crippen molar-refractivity contribution in [2.45, 2.75) is 13.0 Å². The van der Waals surface area contributed by atoms with Crippen molar-refractivity contribution in [2.75, 3.05) is 26.0 Å². The second-order valence-electron chi connectivity index (χ2n) is 5.16. The van der Waals surface area contributed by atoms with Gasteiger partial charge in [0.15, 0.2) is 0 Å². The van der Waals surface area contributed by atoms with Crippen LogP contribution < -0.4 is 10.1 Å². The highest BCUT2D eigenvalue weighted by atomic mass is 32.1. The van der Waals surface area contributed by atoms with Crippen molar-refractivity contribution in [3.05, 3.63) is 46.8 Å². The Labute approximate surface area is 140 Å². The predicted octanol–water partition coefficient (Wildman–Crippen LogP) is 3.09. The maximum Gasteiger partial charge on any atom is 0.226 e. The lowest BCUT2D eigenvalue weighted by Crippen LogP contribution is -2.24. The zero-order chi connectivity index (χ0) is 16.7. The fourth-order valence-corrected chi connectivity index (χ4v) is 2.85. The Bertz CT molecular complexity index is 689. The van der Waals surface area contributed by atoms with Crippen molar-refractivity contribution < 1.29 is 9.53 Å². The van der Waals surface area contributed by atoms with Crippen LogP contribution in [0, 0.1) is 11.3 Å². The Morgan fingerprint density at radius 3 is 2.74 bits per heavy atom. The molecule has 0 saturated heterocycles. The molecule has 0 fully saturated rings. The molecule has 1 aromatic carbocycles. The molecule has 0 spiro atoms. The van der Waals surface area contributed by atoms with Crippen LogP contribution in [-0.2, 0) is 11.3 Å². The molecule has 1 heterocycles. The molecule has 1 N–H and O–H groups in total. The van der Waals surface area contributed by atoms with E-state index in [0.29, 0.717) is 23.5 Å². The van der Waals surface area contributed by atoms with Gasteiger partial charge in [0.2, 0.25) is 5.91 Å². The molecular formula is C17H19N3O2S. The van der Waals surface area contributed by atoms with Crippen molar-refractivity contribution in [1.29, 1.82) is 5.26 Å². The van der Waals surface area contributed by atoms with Gasteiger partial charge in [-0.05, 0) is 36.2 Å². The molecule has 1 amide bonds. The minimum absolute atomic E-state index is 0.0782. The summed E-state index contributed by atoms with van der Waals surface area (Å²) in [5, 5.41) is 14.1. The van der Waals surface area contributed by atoms with E-state index in [-0.39, 0.29) is 5.91 Å². The summed E-state index contributed by atoms with van der Waals surface area (Å²) in [5.74, 6) is 0.755. The first-order valence-electron chi connectivity index (χ1n) is 7.21. The maximum atomic E-state index is 12.0. The third-order valence-corrected chi connectivity index (χ3v) is 4.20. The average molecular weight is 329 g/mol. The van der Waals surface area contributed by atoms with E-state index in [1.807, 2.05) is 31.3 Å². The van der Waals surface area contributed by atoms with Crippen LogP contribution in [0.2, 0.25) is 0 Å². The second kappa shape index (κ2) is 8.32. The van der Waals surface area contributed by atoms with Gasteiger partial charge in [-0.3, -0.25) is 4.79 Å². The molecule has 0 saturated carbocycles. The van der Waals surface area contributed by atoms with E-state index in [4.69, 9.17) is 10.00 Å². The summed E-state index contributed by atoms with van der Waals surface area (Å²) in [6.07, 6.45) is 0.384. The first kappa shape index (κ1) is 17.0. The number of hydrogen-bond donors (Lipinski definition) is 1. The van der Waals surface area contributed by atoms with Gasteiger partial charge < -0.3 is 15.0 Å². The SMILES string of the molecule is COc1ccc(CN(C)CCC(=O)Nc2sccc2C#N)cc1. The van der Waals surface area contributed by atoms with Crippen LogP contribution in [0.15, 0.2) is 35.7 Å². The van der Waals surface area contributed by atoms with Gasteiger partial charge in [-0.2, -0.15) is 5.26 Å². The monoisotopic (exact) mass is 329 g/mol. The molecular weight excluding hydrogens is 310 g/mol. The standard InChI is InChI=1S/C17H19N3O2S/c1-20(12-13-3-5-15(22-2)6-4-13)9-7-16(21)19-17-14(11-18)8-10-23-17/h3-6,8,10H,7,9,12H2,1-2H3,(H,19,21). The Morgan fingerprint density at radius 1 is 1.35 bits per heavy atom. The Hall–Kier alpha value is -2.36. The topological polar surface area (TPSA) is 65.4 Å². The van der Waals surface area contributed by atoms with Crippen molar-refractivity contribution in [1.82, 2.24) is 4.90 Å². The van der Waals surface area contributed by atoms with Crippen molar-refractivity contribution in [3.63, 3.8) is 0 Å². The molecule has 2 rings (SSSR count). The van der Waals surface area contributed by atoms with Gasteiger partial charge in [-0.25, -0.2) is 0 Å². The van der Waals surface area contributed by atoms with Crippen LogP contribution in [0.25, 0.3) is 0 Å². The highest BCUT2D eigenvalue weighted by Crippen LogP contribution is 2.22. The van der Waals surface area contributed by atoms with E-state index in [9.17, 15) is 4.79 Å². The minimum atomic E-state index is -0.0782. The van der Waals surface area contributed by atoms with Crippen molar-refractivity contribution in [3.8, 4) is 11.8 Å². The zero-order valence-electron chi connectivity index (χ0n) is 13.2. The number of nitriles is 1. The molecule has 0 aliphatic heterocycles. The maximum absolute atomic E-state index is 12.0. The number of carbonyl (C=O) groups excluding carboxylic acids is 1. The molecule has 120 valence electrons. The van der Waals surface area contributed by atoms with Crippen molar-refractivity contribution >= 4 is 22.2 Å². The normalized spacial score (nSPS) is 10.3. The molecule has 0 radical (unpaired) electrons. The van der Waals surface area contributed by atoms with Gasteiger partial charge in [-0.1, -0.05) is 12.1 Å². The summed E-state index contributed by atoms with van der Waals surface area (Å²) in [6, 6.07) is 11.6. The first-order chi connectivity index (χ1) is 11.1. The van der Waals surface area contributed by atoms with E-state index < -0.39 is 0 Å². The molecule has 23 heavy (non-hydrogen) atoms. The van der Waals surface area contributed by atoms with Gasteiger partial charge in [0.25, 0.3) is 0 Å². The minimum Gasteiger partial charge on any atom is -0.497 e. The molecule has 0 atom stereocenters. The third-order valence-electron chi connectivity index (χ3n) is 3.37. The second-order valence-corrected chi connectivity index (χ2v) is 6.08. The fourth-order valence-electron chi connectivity index (χ4n) is 2.10. The van der Waals surface area contributed by atoms with Crippen LogP contribution in [-0.4, -0.2) is 31.5 Å². The van der Waals surface area contributed by atoms with Gasteiger partial charge in [0, 0.05) is 19.5 Å². The lowest BCUT2D eigenvalue weighted by Gasteiger charge is -2.16. The Kier molecular flexibility index (Phi) is 6.15. The van der Waals surface area contributed by atoms with Crippen LogP contribution >= 0.6 is 11.3 Å². The number of benzene rings is 1. The lowest BCUT2D eigenvalue weighted by atomic mass is 10.2. The summed E-state index contributed by atoms with van der Waals surface area (Å²) < 4.78 is 5.13. The molecule has 0 aliphatic carbocycles. The van der Waals surface area contributed by atoms with Crippen LogP contribution in [0.4, 0.5) is 5.00 Å². The number of anilines is 1. The zero-order valence-corrected chi connectivity index (χ0v) is 14.0. The quantitative estimate of drug-likeness (QED) is 0.848. The number of thiophene rings is 1. The number of nitrogens with zero attached hydrogens (tertiary/aromatic N) is 2. The number of carbonyl (C=O) groups is 1. The Morgan fingerprint density at radius 2 is 2.09 bits per heavy atom. The van der Waals surface area contributed by atoms with Crippen molar-refractivity contribution in [2.24, 2.45) is 0 Å². The van der Waals surface area contributed by atoms with Gasteiger partial charge >= 0.3 is 0 Å². The number of hydrogen-bond acceptors (Lipinski definition) is 5. The number of ether oxygens (including phenoxy) is 1. The number of methoxy groups -OCH3 is 1. The first-order valence-corrected chi connectivity index (χ1v) is 8.09. The van der Waals surface area contributed by atoms with Crippen LogP contribution in [0.3, 0.4) is 0 Å².